The number of sulfone groups is 1. The molecule has 36 heavy (non-hydrogen) atoms. The highest BCUT2D eigenvalue weighted by atomic mass is 32.2. The van der Waals surface area contributed by atoms with E-state index in [-0.39, 0.29) is 35.7 Å². The number of benzene rings is 1. The molecule has 2 heterocycles. The summed E-state index contributed by atoms with van der Waals surface area (Å²) < 4.78 is 38.1. The van der Waals surface area contributed by atoms with Gasteiger partial charge < -0.3 is 4.90 Å². The van der Waals surface area contributed by atoms with Crippen molar-refractivity contribution in [2.75, 3.05) is 24.2 Å². The Morgan fingerprint density at radius 1 is 1.22 bits per heavy atom. The monoisotopic (exact) mass is 531 g/mol. The summed E-state index contributed by atoms with van der Waals surface area (Å²) in [6, 6.07) is 10.4. The topological polar surface area (TPSA) is 91.1 Å². The van der Waals surface area contributed by atoms with Crippen molar-refractivity contribution in [1.29, 1.82) is 5.26 Å². The maximum absolute atomic E-state index is 14.4. The molecule has 1 aliphatic heterocycles. The molecule has 0 bridgehead atoms. The second kappa shape index (κ2) is 11.0. The first-order valence-electron chi connectivity index (χ1n) is 12.6. The van der Waals surface area contributed by atoms with Crippen LogP contribution in [0.25, 0.3) is 10.4 Å². The van der Waals surface area contributed by atoms with Gasteiger partial charge in [-0.05, 0) is 63.6 Å². The number of hydrogen-bond acceptors (Lipinski definition) is 7. The van der Waals surface area contributed by atoms with Crippen LogP contribution in [0.5, 0.6) is 0 Å². The SMILES string of the molecule is Cc1nc([C@@H]2CC[C@H](F)C[C@H]2C(=O)C[C@@H](C)C#N)c(-c2ccc(N3CCC(S(C)(=O)=O)CC3)cc2)s1. The van der Waals surface area contributed by atoms with Crippen LogP contribution in [0, 0.1) is 30.1 Å². The lowest BCUT2D eigenvalue weighted by Crippen LogP contribution is -2.38. The number of carbonyl (C=O) groups is 1. The second-order valence-electron chi connectivity index (χ2n) is 10.3. The zero-order valence-electron chi connectivity index (χ0n) is 21.1. The molecule has 0 radical (unpaired) electrons. The van der Waals surface area contributed by atoms with Gasteiger partial charge in [-0.25, -0.2) is 17.8 Å². The van der Waals surface area contributed by atoms with Gasteiger partial charge in [0, 0.05) is 43.3 Å². The van der Waals surface area contributed by atoms with Gasteiger partial charge in [0.05, 0.1) is 32.8 Å². The van der Waals surface area contributed by atoms with Gasteiger partial charge in [0.2, 0.25) is 0 Å². The first-order valence-corrected chi connectivity index (χ1v) is 15.4. The zero-order chi connectivity index (χ0) is 26.0. The minimum absolute atomic E-state index is 0.0409. The molecule has 6 nitrogen and oxygen atoms in total. The van der Waals surface area contributed by atoms with E-state index in [2.05, 4.69) is 35.2 Å². The van der Waals surface area contributed by atoms with Crippen LogP contribution in [0.15, 0.2) is 24.3 Å². The second-order valence-corrected chi connectivity index (χ2v) is 13.9. The summed E-state index contributed by atoms with van der Waals surface area (Å²) in [4.78, 5) is 21.1. The van der Waals surface area contributed by atoms with Crippen LogP contribution in [-0.2, 0) is 14.6 Å². The molecule has 4 rings (SSSR count). The number of thiazole rings is 1. The molecule has 1 aromatic heterocycles. The van der Waals surface area contributed by atoms with Crippen LogP contribution in [-0.4, -0.2) is 50.0 Å². The van der Waals surface area contributed by atoms with E-state index < -0.39 is 21.9 Å². The van der Waals surface area contributed by atoms with Crippen molar-refractivity contribution in [2.24, 2.45) is 11.8 Å². The Hall–Kier alpha value is -2.31. The minimum Gasteiger partial charge on any atom is -0.371 e. The molecule has 9 heteroatoms. The maximum atomic E-state index is 14.4. The van der Waals surface area contributed by atoms with Crippen molar-refractivity contribution < 1.29 is 17.6 Å². The number of ketones is 1. The average molecular weight is 532 g/mol. The number of aromatic nitrogens is 1. The number of carbonyl (C=O) groups excluding carboxylic acids is 1. The number of anilines is 1. The summed E-state index contributed by atoms with van der Waals surface area (Å²) >= 11 is 1.59. The van der Waals surface area contributed by atoms with Gasteiger partial charge in [-0.2, -0.15) is 5.26 Å². The van der Waals surface area contributed by atoms with E-state index in [4.69, 9.17) is 10.2 Å². The summed E-state index contributed by atoms with van der Waals surface area (Å²) in [7, 11) is -3.01. The number of alkyl halides is 1. The number of rotatable bonds is 7. The average Bonchev–Trinajstić information content (AvgIpc) is 3.24. The maximum Gasteiger partial charge on any atom is 0.150 e. The van der Waals surface area contributed by atoms with Crippen LogP contribution in [0.3, 0.4) is 0 Å². The normalized spacial score (nSPS) is 24.3. The number of aryl methyl sites for hydroxylation is 1. The zero-order valence-corrected chi connectivity index (χ0v) is 22.7. The van der Waals surface area contributed by atoms with Crippen molar-refractivity contribution in [2.45, 2.75) is 69.7 Å². The van der Waals surface area contributed by atoms with Gasteiger partial charge in [0.1, 0.15) is 21.8 Å². The molecular formula is C27H34FN3O3S2. The molecule has 0 N–H and O–H groups in total. The van der Waals surface area contributed by atoms with Crippen LogP contribution >= 0.6 is 11.3 Å². The lowest BCUT2D eigenvalue weighted by molar-refractivity contribution is -0.125. The molecule has 2 fully saturated rings. The Morgan fingerprint density at radius 3 is 2.50 bits per heavy atom. The summed E-state index contributed by atoms with van der Waals surface area (Å²) in [5, 5.41) is 9.81. The highest BCUT2D eigenvalue weighted by Crippen LogP contribution is 2.45. The molecule has 0 amide bonds. The predicted molar refractivity (Wildman–Crippen MR) is 142 cm³/mol. The fourth-order valence-electron chi connectivity index (χ4n) is 5.57. The van der Waals surface area contributed by atoms with E-state index >= 15 is 0 Å². The molecule has 2 aromatic rings. The van der Waals surface area contributed by atoms with Crippen molar-refractivity contribution in [3.8, 4) is 16.5 Å². The summed E-state index contributed by atoms with van der Waals surface area (Å²) in [6.07, 6.45) is 2.92. The van der Waals surface area contributed by atoms with E-state index in [1.54, 1.807) is 18.3 Å². The number of nitrogens with zero attached hydrogens (tertiary/aromatic N) is 3. The lowest BCUT2D eigenvalue weighted by atomic mass is 9.72. The molecule has 1 saturated carbocycles. The first kappa shape index (κ1) is 26.7. The van der Waals surface area contributed by atoms with E-state index in [0.717, 1.165) is 26.8 Å². The van der Waals surface area contributed by atoms with Gasteiger partial charge in [-0.3, -0.25) is 4.79 Å². The number of Topliss-reactive ketones (excluding diaryl/α,β-unsaturated/α-hetero) is 1. The molecule has 1 aromatic carbocycles. The van der Waals surface area contributed by atoms with E-state index in [0.29, 0.717) is 38.8 Å². The van der Waals surface area contributed by atoms with Gasteiger partial charge >= 0.3 is 0 Å². The summed E-state index contributed by atoms with van der Waals surface area (Å²) in [6.45, 7) is 5.10. The Bertz CT molecular complexity index is 1230. The van der Waals surface area contributed by atoms with Gasteiger partial charge in [0.15, 0.2) is 0 Å². The third kappa shape index (κ3) is 5.97. The molecule has 194 valence electrons. The molecule has 4 atom stereocenters. The van der Waals surface area contributed by atoms with Crippen LogP contribution < -0.4 is 4.90 Å². The smallest absolute Gasteiger partial charge is 0.150 e. The third-order valence-electron chi connectivity index (χ3n) is 7.58. The molecule has 1 saturated heterocycles. The fourth-order valence-corrected chi connectivity index (χ4v) is 7.63. The molecule has 0 spiro atoms. The quantitative estimate of drug-likeness (QED) is 0.470. The summed E-state index contributed by atoms with van der Waals surface area (Å²) in [5.74, 6) is -1.03. The Balaban J connectivity index is 1.55. The molecule has 0 unspecified atom stereocenters. The standard InChI is InChI=1S/C27H34FN3O3S2/c1-17(16-29)14-25(32)24-15-20(28)6-9-23(24)26-27(35-18(2)30-26)19-4-7-21(8-5-19)31-12-10-22(11-13-31)36(3,33)34/h4-5,7-8,17,20,22-24H,6,9-15H2,1-3H3/t17-,20+,23-,24-/m1/s1. The number of halogens is 1. The van der Waals surface area contributed by atoms with Crippen molar-refractivity contribution in [3.63, 3.8) is 0 Å². The predicted octanol–water partition coefficient (Wildman–Crippen LogP) is 5.47. The Kier molecular flexibility index (Phi) is 8.15. The molecule has 1 aliphatic carbocycles. The van der Waals surface area contributed by atoms with Gasteiger partial charge in [-0.1, -0.05) is 12.1 Å². The van der Waals surface area contributed by atoms with E-state index in [9.17, 15) is 17.6 Å². The lowest BCUT2D eigenvalue weighted by Gasteiger charge is -2.33. The Morgan fingerprint density at radius 2 is 1.89 bits per heavy atom. The number of nitriles is 1. The van der Waals surface area contributed by atoms with Crippen molar-refractivity contribution in [3.05, 3.63) is 35.0 Å². The van der Waals surface area contributed by atoms with Crippen LogP contribution in [0.1, 0.15) is 62.1 Å². The Labute approximate surface area is 217 Å². The van der Waals surface area contributed by atoms with Crippen molar-refractivity contribution >= 4 is 32.6 Å². The third-order valence-corrected chi connectivity index (χ3v) is 10.3. The molecule has 2 aliphatic rings. The highest BCUT2D eigenvalue weighted by molar-refractivity contribution is 7.91. The first-order chi connectivity index (χ1) is 17.1. The summed E-state index contributed by atoms with van der Waals surface area (Å²) in [5.41, 5.74) is 2.95. The largest absolute Gasteiger partial charge is 0.371 e. The van der Waals surface area contributed by atoms with Crippen molar-refractivity contribution in [1.82, 2.24) is 4.98 Å². The van der Waals surface area contributed by atoms with Crippen LogP contribution in [0.2, 0.25) is 0 Å². The van der Waals surface area contributed by atoms with E-state index in [1.807, 2.05) is 6.92 Å². The number of hydrogen-bond donors (Lipinski definition) is 0. The molecular weight excluding hydrogens is 497 g/mol. The van der Waals surface area contributed by atoms with Gasteiger partial charge in [-0.15, -0.1) is 11.3 Å². The number of piperidine rings is 1. The highest BCUT2D eigenvalue weighted by Gasteiger charge is 2.39. The minimum atomic E-state index is -3.01. The van der Waals surface area contributed by atoms with E-state index in [1.165, 1.54) is 6.26 Å². The van der Waals surface area contributed by atoms with Gasteiger partial charge in [0.25, 0.3) is 0 Å². The van der Waals surface area contributed by atoms with Crippen LogP contribution in [0.4, 0.5) is 10.1 Å². The fraction of sp³-hybridized carbons (Fsp3) is 0.593.